The quantitative estimate of drug-likeness (QED) is 0.576. The van der Waals surface area contributed by atoms with Crippen LogP contribution in [0.3, 0.4) is 0 Å². The Kier molecular flexibility index (Phi) is 4.63. The van der Waals surface area contributed by atoms with Gasteiger partial charge < -0.3 is 14.2 Å². The number of ether oxygens (including phenoxy) is 3. The van der Waals surface area contributed by atoms with Gasteiger partial charge in [-0.2, -0.15) is 0 Å². The Labute approximate surface area is 191 Å². The van der Waals surface area contributed by atoms with E-state index in [2.05, 4.69) is 32.0 Å². The molecule has 0 spiro atoms. The normalized spacial score (nSPS) is 37.7. The van der Waals surface area contributed by atoms with Crippen LogP contribution in [0.15, 0.2) is 41.0 Å². The van der Waals surface area contributed by atoms with Gasteiger partial charge in [-0.05, 0) is 91.7 Å². The Morgan fingerprint density at radius 3 is 2.78 bits per heavy atom. The van der Waals surface area contributed by atoms with Gasteiger partial charge in [-0.25, -0.2) is 0 Å². The molecule has 0 N–H and O–H groups in total. The molecular weight excluding hydrogens is 400 g/mol. The number of hydrogen-bond donors (Lipinski definition) is 0. The van der Waals surface area contributed by atoms with Crippen LogP contribution < -0.4 is 9.47 Å². The van der Waals surface area contributed by atoms with Gasteiger partial charge in [0.2, 0.25) is 6.79 Å². The number of fused-ring (bicyclic) bond motifs is 5. The first-order valence-corrected chi connectivity index (χ1v) is 12.4. The van der Waals surface area contributed by atoms with Crippen LogP contribution in [0.2, 0.25) is 0 Å². The molecule has 1 aromatic rings. The lowest BCUT2D eigenvalue weighted by atomic mass is 9.51. The van der Waals surface area contributed by atoms with Crippen LogP contribution >= 0.6 is 0 Å². The number of benzene rings is 1. The monoisotopic (exact) mass is 434 g/mol. The number of rotatable bonds is 3. The van der Waals surface area contributed by atoms with Gasteiger partial charge in [0, 0.05) is 24.9 Å². The lowest BCUT2D eigenvalue weighted by Gasteiger charge is -2.55. The summed E-state index contributed by atoms with van der Waals surface area (Å²) in [6, 6.07) is 6.53. The molecule has 0 bridgehead atoms. The van der Waals surface area contributed by atoms with E-state index >= 15 is 0 Å². The van der Waals surface area contributed by atoms with Gasteiger partial charge in [0.25, 0.3) is 0 Å². The molecule has 1 aliphatic heterocycles. The van der Waals surface area contributed by atoms with Crippen LogP contribution in [0.1, 0.15) is 76.7 Å². The number of ketones is 1. The minimum atomic E-state index is -0.0545. The molecule has 0 saturated heterocycles. The maximum Gasteiger partial charge on any atom is 0.231 e. The highest BCUT2D eigenvalue weighted by Gasteiger charge is 2.63. The zero-order valence-electron chi connectivity index (χ0n) is 19.5. The van der Waals surface area contributed by atoms with E-state index in [1.165, 1.54) is 23.1 Å². The summed E-state index contributed by atoms with van der Waals surface area (Å²) in [5.41, 5.74) is 5.84. The van der Waals surface area contributed by atoms with Crippen molar-refractivity contribution in [2.45, 2.75) is 76.7 Å². The summed E-state index contributed by atoms with van der Waals surface area (Å²) in [5.74, 6) is 3.57. The third-order valence-corrected chi connectivity index (χ3v) is 9.79. The predicted molar refractivity (Wildman–Crippen MR) is 123 cm³/mol. The molecule has 2 fully saturated rings. The van der Waals surface area contributed by atoms with Gasteiger partial charge in [-0.15, -0.1) is 0 Å². The number of hydrogen-bond acceptors (Lipinski definition) is 4. The molecule has 2 unspecified atom stereocenters. The van der Waals surface area contributed by atoms with Crippen LogP contribution in [-0.4, -0.2) is 25.3 Å². The van der Waals surface area contributed by atoms with Crippen LogP contribution in [0.5, 0.6) is 11.5 Å². The zero-order valence-corrected chi connectivity index (χ0v) is 19.5. The van der Waals surface area contributed by atoms with Crippen molar-refractivity contribution >= 4 is 5.78 Å². The first kappa shape index (κ1) is 20.5. The summed E-state index contributed by atoms with van der Waals surface area (Å²) in [4.78, 5) is 12.2. The zero-order chi connectivity index (χ0) is 22.1. The summed E-state index contributed by atoms with van der Waals surface area (Å²) >= 11 is 0. The molecule has 0 aromatic heterocycles. The smallest absolute Gasteiger partial charge is 0.231 e. The van der Waals surface area contributed by atoms with Crippen LogP contribution in [0.25, 0.3) is 0 Å². The van der Waals surface area contributed by atoms with E-state index in [1.807, 2.05) is 13.2 Å². The number of carbonyl (C=O) groups is 1. The Bertz CT molecular complexity index is 1030. The highest BCUT2D eigenvalue weighted by atomic mass is 16.7. The lowest BCUT2D eigenvalue weighted by Crippen LogP contribution is -2.52. The van der Waals surface area contributed by atoms with E-state index in [9.17, 15) is 4.79 Å². The average molecular weight is 435 g/mol. The molecule has 5 atom stereocenters. The van der Waals surface area contributed by atoms with Gasteiger partial charge in [0.15, 0.2) is 17.3 Å². The molecule has 0 radical (unpaired) electrons. The number of carbonyl (C=O) groups excluding carboxylic acids is 1. The first-order valence-electron chi connectivity index (χ1n) is 12.4. The van der Waals surface area contributed by atoms with E-state index in [1.54, 1.807) is 5.57 Å². The predicted octanol–water partition coefficient (Wildman–Crippen LogP) is 6.11. The molecule has 4 nitrogen and oxygen atoms in total. The Morgan fingerprint density at radius 2 is 1.97 bits per heavy atom. The summed E-state index contributed by atoms with van der Waals surface area (Å²) in [6.45, 7) is 5.11. The Balaban J connectivity index is 1.53. The summed E-state index contributed by atoms with van der Waals surface area (Å²) in [5, 5.41) is 0. The van der Waals surface area contributed by atoms with E-state index in [4.69, 9.17) is 14.2 Å². The molecule has 2 saturated carbocycles. The molecule has 1 heterocycles. The molecule has 32 heavy (non-hydrogen) atoms. The van der Waals surface area contributed by atoms with Crippen LogP contribution in [-0.2, 0) is 9.53 Å². The van der Waals surface area contributed by atoms with E-state index in [0.717, 1.165) is 50.0 Å². The van der Waals surface area contributed by atoms with Crippen LogP contribution in [0.4, 0.5) is 0 Å². The van der Waals surface area contributed by atoms with Crippen molar-refractivity contribution in [3.05, 3.63) is 46.6 Å². The second-order valence-corrected chi connectivity index (χ2v) is 10.7. The molecule has 4 aliphatic carbocycles. The summed E-state index contributed by atoms with van der Waals surface area (Å²) in [7, 11) is 1.93. The minimum Gasteiger partial charge on any atom is -0.454 e. The van der Waals surface area contributed by atoms with Gasteiger partial charge in [0.1, 0.15) is 0 Å². The maximum absolute atomic E-state index is 12.2. The molecule has 0 amide bonds. The third kappa shape index (κ3) is 2.68. The fourth-order valence-corrected chi connectivity index (χ4v) is 8.23. The van der Waals surface area contributed by atoms with Crippen molar-refractivity contribution in [2.24, 2.45) is 17.3 Å². The fourth-order valence-electron chi connectivity index (χ4n) is 8.23. The third-order valence-electron chi connectivity index (χ3n) is 9.79. The molecule has 1 aromatic carbocycles. The Morgan fingerprint density at radius 1 is 1.12 bits per heavy atom. The van der Waals surface area contributed by atoms with Gasteiger partial charge in [-0.1, -0.05) is 25.5 Å². The largest absolute Gasteiger partial charge is 0.454 e. The maximum atomic E-state index is 12.2. The summed E-state index contributed by atoms with van der Waals surface area (Å²) in [6.07, 6.45) is 10.3. The van der Waals surface area contributed by atoms with Crippen molar-refractivity contribution < 1.29 is 19.0 Å². The fraction of sp³-hybridized carbons (Fsp3) is 0.607. The standard InChI is InChI=1S/C28H34O4/c1-4-28(30-3)12-11-23-21-8-5-17-13-19(29)7-9-20(17)26(21)22(15-27(23,28)2)18-6-10-24-25(14-18)32-16-31-24/h6,10,13-14,21-23H,4-5,7-9,11-12,15-16H2,1-3H3/t21?,22-,23?,27+,28+/m1/s1. The molecular formula is C28H34O4. The molecule has 6 rings (SSSR count). The topological polar surface area (TPSA) is 44.8 Å². The van der Waals surface area contributed by atoms with Gasteiger partial charge in [-0.3, -0.25) is 4.79 Å². The Hall–Kier alpha value is -2.07. The lowest BCUT2D eigenvalue weighted by molar-refractivity contribution is -0.121. The number of allylic oxidation sites excluding steroid dienone is 4. The highest BCUT2D eigenvalue weighted by Crippen LogP contribution is 2.68. The van der Waals surface area contributed by atoms with Crippen molar-refractivity contribution in [3.8, 4) is 11.5 Å². The molecule has 170 valence electrons. The van der Waals surface area contributed by atoms with Gasteiger partial charge in [0.05, 0.1) is 5.60 Å². The highest BCUT2D eigenvalue weighted by molar-refractivity contribution is 5.93. The number of methoxy groups -OCH3 is 1. The van der Waals surface area contributed by atoms with E-state index < -0.39 is 0 Å². The second kappa shape index (κ2) is 7.21. The van der Waals surface area contributed by atoms with E-state index in [-0.39, 0.29) is 11.0 Å². The van der Waals surface area contributed by atoms with E-state index in [0.29, 0.717) is 36.8 Å². The van der Waals surface area contributed by atoms with Crippen molar-refractivity contribution in [2.75, 3.05) is 13.9 Å². The SMILES string of the molecule is CC[C@]1(OC)CCC2C3CCC4=CC(=O)CCC4=C3[C@@H](c3ccc4c(c3)OCO4)C[C@@]21C. The van der Waals surface area contributed by atoms with Crippen LogP contribution in [0, 0.1) is 17.3 Å². The minimum absolute atomic E-state index is 0.0545. The molecule has 4 heteroatoms. The summed E-state index contributed by atoms with van der Waals surface area (Å²) < 4.78 is 17.7. The van der Waals surface area contributed by atoms with Crippen molar-refractivity contribution in [1.82, 2.24) is 0 Å². The first-order chi connectivity index (χ1) is 15.5. The average Bonchev–Trinajstić information content (AvgIpc) is 3.39. The van der Waals surface area contributed by atoms with Gasteiger partial charge >= 0.3 is 0 Å². The van der Waals surface area contributed by atoms with Crippen molar-refractivity contribution in [3.63, 3.8) is 0 Å². The van der Waals surface area contributed by atoms with Crippen molar-refractivity contribution in [1.29, 1.82) is 0 Å². The second-order valence-electron chi connectivity index (χ2n) is 10.7. The molecule has 5 aliphatic rings.